The van der Waals surface area contributed by atoms with Crippen molar-refractivity contribution in [1.82, 2.24) is 0 Å². The first-order chi connectivity index (χ1) is 5.93. The summed E-state index contributed by atoms with van der Waals surface area (Å²) >= 11 is 0. The summed E-state index contributed by atoms with van der Waals surface area (Å²) in [6.45, 7) is 1.52. The molecule has 0 amide bonds. The molecule has 78 valence electrons. The molecule has 4 nitrogen and oxygen atoms in total. The van der Waals surface area contributed by atoms with Gasteiger partial charge in [0.25, 0.3) is 0 Å². The van der Waals surface area contributed by atoms with Crippen LogP contribution >= 0.6 is 0 Å². The molecule has 0 heterocycles. The molecular weight excluding hydrogens is 190 g/mol. The van der Waals surface area contributed by atoms with Crippen LogP contribution in [0.2, 0.25) is 0 Å². The fourth-order valence-corrected chi connectivity index (χ4v) is 3.33. The molecule has 1 aliphatic carbocycles. The summed E-state index contributed by atoms with van der Waals surface area (Å²) in [7, 11) is -2.97. The quantitative estimate of drug-likeness (QED) is 0.663. The number of sulfone groups is 1. The summed E-state index contributed by atoms with van der Waals surface area (Å²) in [6, 6.07) is 0. The molecule has 0 bridgehead atoms. The Balaban J connectivity index is 2.71. The largest absolute Gasteiger partial charge is 0.394 e. The zero-order chi connectivity index (χ0) is 10.1. The maximum Gasteiger partial charge on any atom is 0.152 e. The van der Waals surface area contributed by atoms with Gasteiger partial charge in [0.1, 0.15) is 0 Å². The smallest absolute Gasteiger partial charge is 0.152 e. The minimum absolute atomic E-state index is 0.122. The van der Waals surface area contributed by atoms with E-state index in [1.165, 1.54) is 0 Å². The fourth-order valence-electron chi connectivity index (χ4n) is 1.79. The van der Waals surface area contributed by atoms with Gasteiger partial charge in [-0.3, -0.25) is 0 Å². The maximum atomic E-state index is 11.5. The molecule has 1 rings (SSSR count). The summed E-state index contributed by atoms with van der Waals surface area (Å²) in [5.74, 6) is 0.166. The lowest BCUT2D eigenvalue weighted by Crippen LogP contribution is -2.41. The Hall–Kier alpha value is -0.130. The Morgan fingerprint density at radius 2 is 2.23 bits per heavy atom. The monoisotopic (exact) mass is 207 g/mol. The third-order valence-corrected chi connectivity index (χ3v) is 5.05. The Morgan fingerprint density at radius 1 is 1.62 bits per heavy atom. The van der Waals surface area contributed by atoms with Crippen molar-refractivity contribution in [3.8, 4) is 0 Å². The zero-order valence-electron chi connectivity index (χ0n) is 7.86. The minimum Gasteiger partial charge on any atom is -0.394 e. The van der Waals surface area contributed by atoms with Gasteiger partial charge >= 0.3 is 0 Å². The van der Waals surface area contributed by atoms with E-state index in [-0.39, 0.29) is 17.6 Å². The highest BCUT2D eigenvalue weighted by molar-refractivity contribution is 7.92. The fraction of sp³-hybridized carbons (Fsp3) is 1.00. The van der Waals surface area contributed by atoms with Gasteiger partial charge in [-0.05, 0) is 19.3 Å². The van der Waals surface area contributed by atoms with Crippen molar-refractivity contribution in [3.05, 3.63) is 0 Å². The Labute approximate surface area is 79.0 Å². The average molecular weight is 207 g/mol. The first kappa shape index (κ1) is 10.9. The van der Waals surface area contributed by atoms with Gasteiger partial charge in [-0.1, -0.05) is 6.92 Å². The number of hydrogen-bond acceptors (Lipinski definition) is 4. The minimum atomic E-state index is -2.97. The molecule has 0 aliphatic heterocycles. The predicted octanol–water partition coefficient (Wildman–Crippen LogP) is -0.337. The van der Waals surface area contributed by atoms with E-state index in [4.69, 9.17) is 10.8 Å². The van der Waals surface area contributed by atoms with E-state index >= 15 is 0 Å². The van der Waals surface area contributed by atoms with E-state index in [9.17, 15) is 8.42 Å². The van der Waals surface area contributed by atoms with Gasteiger partial charge in [0.15, 0.2) is 9.84 Å². The molecule has 0 aromatic carbocycles. The molecule has 0 unspecified atom stereocenters. The highest BCUT2D eigenvalue weighted by atomic mass is 32.2. The molecule has 2 atom stereocenters. The lowest BCUT2D eigenvalue weighted by molar-refractivity contribution is 0.200. The van der Waals surface area contributed by atoms with Crippen molar-refractivity contribution in [1.29, 1.82) is 0 Å². The van der Waals surface area contributed by atoms with Crippen LogP contribution in [0.4, 0.5) is 0 Å². The van der Waals surface area contributed by atoms with Gasteiger partial charge in [0.2, 0.25) is 0 Å². The number of rotatable bonds is 3. The Kier molecular flexibility index (Phi) is 2.99. The first-order valence-electron chi connectivity index (χ1n) is 4.55. The number of hydrogen-bond donors (Lipinski definition) is 2. The van der Waals surface area contributed by atoms with E-state index in [0.717, 1.165) is 0 Å². The van der Waals surface area contributed by atoms with Crippen LogP contribution in [0, 0.1) is 0 Å². The van der Waals surface area contributed by atoms with E-state index in [2.05, 4.69) is 0 Å². The second-order valence-electron chi connectivity index (χ2n) is 3.84. The lowest BCUT2D eigenvalue weighted by atomic mass is 10.0. The highest BCUT2D eigenvalue weighted by Crippen LogP contribution is 2.32. The molecule has 0 aromatic rings. The molecular formula is C8H17NO3S. The van der Waals surface area contributed by atoms with E-state index in [1.807, 2.05) is 0 Å². The second-order valence-corrected chi connectivity index (χ2v) is 6.41. The molecule has 1 fully saturated rings. The van der Waals surface area contributed by atoms with Crippen LogP contribution in [-0.2, 0) is 9.84 Å². The van der Waals surface area contributed by atoms with E-state index in [1.54, 1.807) is 6.92 Å². The molecule has 13 heavy (non-hydrogen) atoms. The molecule has 0 spiro atoms. The summed E-state index contributed by atoms with van der Waals surface area (Å²) in [4.78, 5) is 0. The molecule has 1 aliphatic rings. The number of aliphatic hydroxyl groups excluding tert-OH is 1. The van der Waals surface area contributed by atoms with Crippen LogP contribution in [0.25, 0.3) is 0 Å². The molecule has 1 saturated carbocycles. The van der Waals surface area contributed by atoms with Gasteiger partial charge < -0.3 is 10.8 Å². The number of nitrogens with two attached hydrogens (primary N) is 1. The van der Waals surface area contributed by atoms with Crippen LogP contribution in [-0.4, -0.2) is 36.7 Å². The van der Waals surface area contributed by atoms with Crippen molar-refractivity contribution in [2.75, 3.05) is 12.4 Å². The van der Waals surface area contributed by atoms with Crippen LogP contribution in [0.3, 0.4) is 0 Å². The van der Waals surface area contributed by atoms with Gasteiger partial charge in [-0.25, -0.2) is 8.42 Å². The van der Waals surface area contributed by atoms with Crippen LogP contribution in [0.15, 0.2) is 0 Å². The highest BCUT2D eigenvalue weighted by Gasteiger charge is 2.40. The predicted molar refractivity (Wildman–Crippen MR) is 51.1 cm³/mol. The first-order valence-corrected chi connectivity index (χ1v) is 6.26. The molecule has 0 saturated heterocycles. The van der Waals surface area contributed by atoms with Gasteiger partial charge in [0.05, 0.1) is 11.9 Å². The normalized spacial score (nSPS) is 35.2. The van der Waals surface area contributed by atoms with Crippen LogP contribution in [0.1, 0.15) is 26.2 Å². The van der Waals surface area contributed by atoms with Gasteiger partial charge in [0, 0.05) is 11.3 Å². The summed E-state index contributed by atoms with van der Waals surface area (Å²) in [5.41, 5.74) is 5.13. The topological polar surface area (TPSA) is 80.4 Å². The van der Waals surface area contributed by atoms with Gasteiger partial charge in [-0.15, -0.1) is 0 Å². The zero-order valence-corrected chi connectivity index (χ0v) is 8.68. The van der Waals surface area contributed by atoms with Crippen LogP contribution < -0.4 is 5.73 Å². The van der Waals surface area contributed by atoms with Crippen molar-refractivity contribution in [2.24, 2.45) is 5.73 Å². The van der Waals surface area contributed by atoms with Crippen molar-refractivity contribution in [2.45, 2.75) is 37.0 Å². The second kappa shape index (κ2) is 3.55. The van der Waals surface area contributed by atoms with Crippen molar-refractivity contribution >= 4 is 9.84 Å². The van der Waals surface area contributed by atoms with Crippen LogP contribution in [0.5, 0.6) is 0 Å². The number of aliphatic hydroxyl groups is 1. The lowest BCUT2D eigenvalue weighted by Gasteiger charge is -2.20. The summed E-state index contributed by atoms with van der Waals surface area (Å²) in [6.07, 6.45) is 1.60. The maximum absolute atomic E-state index is 11.5. The molecule has 5 heteroatoms. The molecule has 0 aromatic heterocycles. The third kappa shape index (κ3) is 2.21. The van der Waals surface area contributed by atoms with Crippen molar-refractivity contribution in [3.63, 3.8) is 0 Å². The standard InChI is InChI=1S/C8H17NO3S/c1-2-13(11,12)7-3-4-8(9,5-7)6-10/h7,10H,2-6,9H2,1H3/t7-,8+/m0/s1. The third-order valence-electron chi connectivity index (χ3n) is 2.82. The van der Waals surface area contributed by atoms with E-state index < -0.39 is 15.4 Å². The van der Waals surface area contributed by atoms with Crippen molar-refractivity contribution < 1.29 is 13.5 Å². The Morgan fingerprint density at radius 3 is 2.62 bits per heavy atom. The average Bonchev–Trinajstić information content (AvgIpc) is 2.50. The van der Waals surface area contributed by atoms with Gasteiger partial charge in [-0.2, -0.15) is 0 Å². The Bertz CT molecular complexity index is 275. The molecule has 0 radical (unpaired) electrons. The SMILES string of the molecule is CCS(=O)(=O)[C@H]1CC[C@](N)(CO)C1. The molecule has 3 N–H and O–H groups in total. The summed E-state index contributed by atoms with van der Waals surface area (Å²) < 4.78 is 22.9. The summed E-state index contributed by atoms with van der Waals surface area (Å²) in [5, 5.41) is 8.62. The van der Waals surface area contributed by atoms with E-state index in [0.29, 0.717) is 19.3 Å².